The van der Waals surface area contributed by atoms with E-state index in [9.17, 15) is 9.59 Å². The molecule has 1 aliphatic rings. The number of hydrogen-bond acceptors (Lipinski definition) is 5. The minimum Gasteiger partial charge on any atom is -0.370 e. The van der Waals surface area contributed by atoms with Gasteiger partial charge in [0.2, 0.25) is 0 Å². The molecule has 0 aromatic carbocycles. The van der Waals surface area contributed by atoms with E-state index < -0.39 is 0 Å². The van der Waals surface area contributed by atoms with Gasteiger partial charge in [0, 0.05) is 38.4 Å². The van der Waals surface area contributed by atoms with Gasteiger partial charge in [-0.05, 0) is 30.7 Å². The van der Waals surface area contributed by atoms with Gasteiger partial charge in [-0.3, -0.25) is 14.7 Å². The van der Waals surface area contributed by atoms with Crippen molar-refractivity contribution in [3.8, 4) is 0 Å². The Balaban J connectivity index is 1.51. The zero-order chi connectivity index (χ0) is 18.7. The maximum absolute atomic E-state index is 12.3. The second-order valence-corrected chi connectivity index (χ2v) is 7.36. The fourth-order valence-corrected chi connectivity index (χ4v) is 3.22. The van der Waals surface area contributed by atoms with Crippen molar-refractivity contribution < 1.29 is 4.79 Å². The molecule has 8 nitrogen and oxygen atoms in total. The molecule has 2 N–H and O–H groups in total. The summed E-state index contributed by atoms with van der Waals surface area (Å²) in [7, 11) is 1.63. The molecule has 26 heavy (non-hydrogen) atoms. The Kier molecular flexibility index (Phi) is 5.39. The van der Waals surface area contributed by atoms with Crippen LogP contribution in [0.25, 0.3) is 0 Å². The Hall–Kier alpha value is -2.64. The van der Waals surface area contributed by atoms with Crippen LogP contribution in [0.3, 0.4) is 0 Å². The molecule has 8 heteroatoms. The van der Waals surface area contributed by atoms with Crippen LogP contribution in [0.4, 0.5) is 5.69 Å². The quantitative estimate of drug-likeness (QED) is 0.802. The second kappa shape index (κ2) is 7.72. The molecule has 1 amide bonds. The molecule has 1 aliphatic heterocycles. The summed E-state index contributed by atoms with van der Waals surface area (Å²) in [4.78, 5) is 26.1. The molecule has 140 valence electrons. The van der Waals surface area contributed by atoms with Crippen LogP contribution in [-0.4, -0.2) is 45.5 Å². The van der Waals surface area contributed by atoms with Crippen LogP contribution in [0.5, 0.6) is 0 Å². The van der Waals surface area contributed by atoms with Gasteiger partial charge in [-0.25, -0.2) is 4.68 Å². The van der Waals surface area contributed by atoms with Crippen LogP contribution in [-0.2, 0) is 13.5 Å². The molecule has 2 aromatic heterocycles. The molecular weight excluding hydrogens is 332 g/mol. The first-order chi connectivity index (χ1) is 12.4. The van der Waals surface area contributed by atoms with E-state index in [4.69, 9.17) is 0 Å². The van der Waals surface area contributed by atoms with Crippen molar-refractivity contribution in [1.29, 1.82) is 0 Å². The summed E-state index contributed by atoms with van der Waals surface area (Å²) in [5, 5.41) is 14.1. The minimum atomic E-state index is -0.148. The molecule has 1 atom stereocenters. The number of aromatic nitrogens is 4. The number of H-pyrrole nitrogens is 1. The average molecular weight is 358 g/mol. The summed E-state index contributed by atoms with van der Waals surface area (Å²) in [6, 6.07) is 3.43. The maximum atomic E-state index is 12.3. The second-order valence-electron chi connectivity index (χ2n) is 7.36. The molecule has 0 aliphatic carbocycles. The monoisotopic (exact) mass is 358 g/mol. The molecule has 1 saturated heterocycles. The minimum absolute atomic E-state index is 0.116. The first-order valence-corrected chi connectivity index (χ1v) is 9.03. The molecule has 0 saturated carbocycles. The van der Waals surface area contributed by atoms with Crippen LogP contribution in [0, 0.1) is 11.8 Å². The molecule has 0 spiro atoms. The summed E-state index contributed by atoms with van der Waals surface area (Å²) >= 11 is 0. The molecule has 3 heterocycles. The molecule has 2 aromatic rings. The molecule has 0 unspecified atom stereocenters. The summed E-state index contributed by atoms with van der Waals surface area (Å²) in [5.41, 5.74) is 2.14. The number of amides is 1. The van der Waals surface area contributed by atoms with Crippen molar-refractivity contribution in [2.45, 2.75) is 26.7 Å². The highest BCUT2D eigenvalue weighted by molar-refractivity contribution is 5.92. The molecule has 1 fully saturated rings. The lowest BCUT2D eigenvalue weighted by atomic mass is 10.1. The van der Waals surface area contributed by atoms with Gasteiger partial charge in [-0.2, -0.15) is 10.2 Å². The normalized spacial score (nSPS) is 17.1. The predicted molar refractivity (Wildman–Crippen MR) is 99.3 cm³/mol. The molecule has 0 radical (unpaired) electrons. The number of nitrogens with one attached hydrogen (secondary N) is 2. The van der Waals surface area contributed by atoms with Gasteiger partial charge in [-0.15, -0.1) is 0 Å². The number of nitrogens with zero attached hydrogens (tertiary/aromatic N) is 4. The number of aromatic amines is 1. The van der Waals surface area contributed by atoms with Crippen molar-refractivity contribution in [1.82, 2.24) is 25.3 Å². The number of anilines is 1. The highest BCUT2D eigenvalue weighted by Crippen LogP contribution is 2.21. The van der Waals surface area contributed by atoms with E-state index in [0.29, 0.717) is 24.1 Å². The van der Waals surface area contributed by atoms with Crippen molar-refractivity contribution in [3.05, 3.63) is 40.1 Å². The van der Waals surface area contributed by atoms with Crippen LogP contribution in [0.1, 0.15) is 36.5 Å². The largest absolute Gasteiger partial charge is 0.370 e. The lowest BCUT2D eigenvalue weighted by Crippen LogP contribution is -2.31. The summed E-state index contributed by atoms with van der Waals surface area (Å²) in [6.07, 6.45) is 3.55. The summed E-state index contributed by atoms with van der Waals surface area (Å²) < 4.78 is 1.31. The van der Waals surface area contributed by atoms with Gasteiger partial charge >= 0.3 is 0 Å². The third-order valence-corrected chi connectivity index (χ3v) is 4.65. The van der Waals surface area contributed by atoms with E-state index in [1.807, 2.05) is 6.07 Å². The van der Waals surface area contributed by atoms with Gasteiger partial charge in [-0.1, -0.05) is 13.8 Å². The first kappa shape index (κ1) is 18.2. The van der Waals surface area contributed by atoms with Gasteiger partial charge in [0.25, 0.3) is 11.5 Å². The van der Waals surface area contributed by atoms with Crippen molar-refractivity contribution in [2.24, 2.45) is 18.9 Å². The number of rotatable bonds is 6. The Morgan fingerprint density at radius 3 is 2.96 bits per heavy atom. The van der Waals surface area contributed by atoms with Crippen LogP contribution in [0.15, 0.2) is 23.1 Å². The average Bonchev–Trinajstić information content (AvgIpc) is 3.24. The maximum Gasteiger partial charge on any atom is 0.271 e. The van der Waals surface area contributed by atoms with Crippen LogP contribution in [0.2, 0.25) is 0 Å². The lowest BCUT2D eigenvalue weighted by Gasteiger charge is -2.18. The number of aryl methyl sites for hydroxylation is 1. The van der Waals surface area contributed by atoms with E-state index in [-0.39, 0.29) is 11.5 Å². The Morgan fingerprint density at radius 1 is 1.42 bits per heavy atom. The molecule has 3 rings (SSSR count). The van der Waals surface area contributed by atoms with E-state index in [2.05, 4.69) is 39.4 Å². The zero-order valence-electron chi connectivity index (χ0n) is 15.5. The Morgan fingerprint density at radius 2 is 2.23 bits per heavy atom. The molecular formula is C18H26N6O2. The zero-order valence-corrected chi connectivity index (χ0v) is 15.5. The highest BCUT2D eigenvalue weighted by Gasteiger charge is 2.24. The smallest absolute Gasteiger partial charge is 0.271 e. The fourth-order valence-electron chi connectivity index (χ4n) is 3.22. The van der Waals surface area contributed by atoms with Crippen LogP contribution >= 0.6 is 0 Å². The third-order valence-electron chi connectivity index (χ3n) is 4.65. The molecule has 0 bridgehead atoms. The van der Waals surface area contributed by atoms with Gasteiger partial charge in [0.15, 0.2) is 0 Å². The Labute approximate surface area is 152 Å². The standard InChI is InChI=1S/C18H26N6O2/c1-12(2)6-14-7-16(22-21-14)18(26)19-9-13-4-5-24(11-13)15-8-17(25)23(3)20-10-15/h7-8,10,12-13H,4-6,9,11H2,1-3H3,(H,19,26)(H,21,22)/t13-/m0/s1. The van der Waals surface area contributed by atoms with E-state index >= 15 is 0 Å². The topological polar surface area (TPSA) is 95.9 Å². The first-order valence-electron chi connectivity index (χ1n) is 9.03. The highest BCUT2D eigenvalue weighted by atomic mass is 16.2. The van der Waals surface area contributed by atoms with Gasteiger partial charge in [0.05, 0.1) is 11.9 Å². The number of carbonyl (C=O) groups is 1. The van der Waals surface area contributed by atoms with E-state index in [1.54, 1.807) is 19.3 Å². The van der Waals surface area contributed by atoms with Gasteiger partial charge in [0.1, 0.15) is 5.69 Å². The van der Waals surface area contributed by atoms with Crippen molar-refractivity contribution in [3.63, 3.8) is 0 Å². The Bertz CT molecular complexity index is 825. The van der Waals surface area contributed by atoms with Crippen molar-refractivity contribution >= 4 is 11.6 Å². The SMILES string of the molecule is CC(C)Cc1cc(C(=O)NC[C@@H]2CCN(c3cnn(C)c(=O)c3)C2)n[nH]1. The summed E-state index contributed by atoms with van der Waals surface area (Å²) in [5.74, 6) is 0.710. The predicted octanol–water partition coefficient (Wildman–Crippen LogP) is 0.958. The van der Waals surface area contributed by atoms with E-state index in [1.165, 1.54) is 4.68 Å². The van der Waals surface area contributed by atoms with Crippen molar-refractivity contribution in [2.75, 3.05) is 24.5 Å². The third kappa shape index (κ3) is 4.30. The lowest BCUT2D eigenvalue weighted by molar-refractivity contribution is 0.0943. The van der Waals surface area contributed by atoms with Gasteiger partial charge < -0.3 is 10.2 Å². The number of carbonyl (C=O) groups excluding carboxylic acids is 1. The number of hydrogen-bond donors (Lipinski definition) is 2. The van der Waals surface area contributed by atoms with Crippen LogP contribution < -0.4 is 15.8 Å². The summed E-state index contributed by atoms with van der Waals surface area (Å²) in [6.45, 7) is 6.51. The fraction of sp³-hybridized carbons (Fsp3) is 0.556. The van der Waals surface area contributed by atoms with E-state index in [0.717, 1.165) is 37.3 Å².